The molecule has 0 amide bonds. The summed E-state index contributed by atoms with van der Waals surface area (Å²) in [5, 5.41) is 0. The number of rotatable bonds is 3. The molecule has 0 saturated carbocycles. The Kier molecular flexibility index (Phi) is 3.25. The van der Waals surface area contributed by atoms with E-state index in [9.17, 15) is 0 Å². The molecule has 0 fully saturated rings. The fourth-order valence-corrected chi connectivity index (χ4v) is 2.13. The van der Waals surface area contributed by atoms with Crippen LogP contribution in [-0.2, 0) is 0 Å². The summed E-state index contributed by atoms with van der Waals surface area (Å²) in [6.45, 7) is 2.02. The highest BCUT2D eigenvalue weighted by molar-refractivity contribution is 5.76. The maximum atomic E-state index is 5.64. The highest BCUT2D eigenvalue weighted by Crippen LogP contribution is 2.21. The van der Waals surface area contributed by atoms with Gasteiger partial charge in [-0.05, 0) is 48.4 Å². The third kappa shape index (κ3) is 2.43. The first-order valence-electron chi connectivity index (χ1n) is 6.44. The number of para-hydroxylation sites is 2. The predicted molar refractivity (Wildman–Crippen MR) is 80.7 cm³/mol. The Morgan fingerprint density at radius 1 is 1.10 bits per heavy atom. The van der Waals surface area contributed by atoms with E-state index in [1.807, 2.05) is 55.5 Å². The van der Waals surface area contributed by atoms with E-state index in [0.717, 1.165) is 28.0 Å². The van der Waals surface area contributed by atoms with E-state index in [1.165, 1.54) is 0 Å². The van der Waals surface area contributed by atoms with Crippen molar-refractivity contribution in [2.45, 2.75) is 6.92 Å². The molecule has 0 atom stereocenters. The molecule has 0 radical (unpaired) electrons. The van der Waals surface area contributed by atoms with Crippen molar-refractivity contribution in [3.05, 3.63) is 59.5 Å². The van der Waals surface area contributed by atoms with Crippen molar-refractivity contribution in [3.8, 4) is 5.75 Å². The van der Waals surface area contributed by atoms with Gasteiger partial charge in [-0.25, -0.2) is 4.98 Å². The zero-order chi connectivity index (χ0) is 13.9. The van der Waals surface area contributed by atoms with Gasteiger partial charge in [-0.15, -0.1) is 0 Å². The highest BCUT2D eigenvalue weighted by Gasteiger charge is 2.02. The van der Waals surface area contributed by atoms with Crippen LogP contribution in [0.3, 0.4) is 0 Å². The summed E-state index contributed by atoms with van der Waals surface area (Å²) < 4.78 is 10.9. The Morgan fingerprint density at radius 3 is 2.70 bits per heavy atom. The van der Waals surface area contributed by atoms with Crippen molar-refractivity contribution in [3.63, 3.8) is 0 Å². The number of aromatic nitrogens is 1. The third-order valence-electron chi connectivity index (χ3n) is 3.15. The molecule has 3 aromatic rings. The largest absolute Gasteiger partial charge is 0.496 e. The molecule has 1 aromatic heterocycles. The predicted octanol–water partition coefficient (Wildman–Crippen LogP) is 4.32. The van der Waals surface area contributed by atoms with Crippen LogP contribution in [0, 0.1) is 6.92 Å². The monoisotopic (exact) mass is 265 g/mol. The number of hydrogen-bond donors (Lipinski definition) is 0. The number of ether oxygens (including phenoxy) is 1. The lowest BCUT2D eigenvalue weighted by atomic mass is 10.1. The van der Waals surface area contributed by atoms with Crippen LogP contribution in [0.5, 0.6) is 5.75 Å². The molecule has 0 aliphatic carbocycles. The van der Waals surface area contributed by atoms with Crippen molar-refractivity contribution >= 4 is 23.3 Å². The summed E-state index contributed by atoms with van der Waals surface area (Å²) in [6, 6.07) is 13.8. The van der Waals surface area contributed by atoms with Gasteiger partial charge in [0, 0.05) is 6.08 Å². The molecule has 0 aliphatic rings. The fourth-order valence-electron chi connectivity index (χ4n) is 2.13. The van der Waals surface area contributed by atoms with Crippen LogP contribution >= 0.6 is 0 Å². The lowest BCUT2D eigenvalue weighted by Crippen LogP contribution is -1.86. The minimum absolute atomic E-state index is 0.611. The third-order valence-corrected chi connectivity index (χ3v) is 3.15. The van der Waals surface area contributed by atoms with Crippen LogP contribution < -0.4 is 4.74 Å². The SMILES string of the molecule is COc1ccc(/C=C/c2nc3ccccc3o2)cc1C. The number of nitrogens with zero attached hydrogens (tertiary/aromatic N) is 1. The summed E-state index contributed by atoms with van der Waals surface area (Å²) >= 11 is 0. The second-order valence-corrected chi connectivity index (χ2v) is 4.58. The van der Waals surface area contributed by atoms with Crippen molar-refractivity contribution < 1.29 is 9.15 Å². The molecule has 1 heterocycles. The van der Waals surface area contributed by atoms with Gasteiger partial charge in [0.1, 0.15) is 11.3 Å². The molecule has 2 aromatic carbocycles. The van der Waals surface area contributed by atoms with Gasteiger partial charge in [-0.2, -0.15) is 0 Å². The highest BCUT2D eigenvalue weighted by atomic mass is 16.5. The minimum Gasteiger partial charge on any atom is -0.496 e. The average molecular weight is 265 g/mol. The number of aryl methyl sites for hydroxylation is 1. The quantitative estimate of drug-likeness (QED) is 0.707. The standard InChI is InChI=1S/C17H15NO2/c1-12-11-13(7-9-15(12)19-2)8-10-17-18-14-5-3-4-6-16(14)20-17/h3-11H,1-2H3/b10-8+. The molecule has 0 bridgehead atoms. The van der Waals surface area contributed by atoms with E-state index in [4.69, 9.17) is 9.15 Å². The summed E-state index contributed by atoms with van der Waals surface area (Å²) in [5.74, 6) is 1.50. The van der Waals surface area contributed by atoms with Gasteiger partial charge in [-0.1, -0.05) is 18.2 Å². The van der Waals surface area contributed by atoms with Crippen LogP contribution in [0.1, 0.15) is 17.0 Å². The summed E-state index contributed by atoms with van der Waals surface area (Å²) in [6.07, 6.45) is 3.86. The van der Waals surface area contributed by atoms with Gasteiger partial charge in [0.05, 0.1) is 7.11 Å². The molecule has 0 saturated heterocycles. The lowest BCUT2D eigenvalue weighted by Gasteiger charge is -2.04. The molecule has 3 heteroatoms. The molecule has 0 aliphatic heterocycles. The summed E-state index contributed by atoms with van der Waals surface area (Å²) in [5.41, 5.74) is 3.87. The van der Waals surface area contributed by atoms with Crippen molar-refractivity contribution in [1.29, 1.82) is 0 Å². The van der Waals surface area contributed by atoms with Crippen LogP contribution in [0.15, 0.2) is 46.9 Å². The molecule has 100 valence electrons. The van der Waals surface area contributed by atoms with E-state index in [2.05, 4.69) is 11.1 Å². The van der Waals surface area contributed by atoms with Crippen molar-refractivity contribution in [2.75, 3.05) is 7.11 Å². The number of fused-ring (bicyclic) bond motifs is 1. The Morgan fingerprint density at radius 2 is 1.95 bits per heavy atom. The van der Waals surface area contributed by atoms with Crippen molar-refractivity contribution in [2.24, 2.45) is 0 Å². The second-order valence-electron chi connectivity index (χ2n) is 4.58. The Balaban J connectivity index is 1.88. The molecular weight excluding hydrogens is 250 g/mol. The van der Waals surface area contributed by atoms with E-state index in [1.54, 1.807) is 7.11 Å². The van der Waals surface area contributed by atoms with Gasteiger partial charge in [-0.3, -0.25) is 0 Å². The maximum Gasteiger partial charge on any atom is 0.220 e. The second kappa shape index (κ2) is 5.21. The zero-order valence-corrected chi connectivity index (χ0v) is 11.5. The fraction of sp³-hybridized carbons (Fsp3) is 0.118. The van der Waals surface area contributed by atoms with Gasteiger partial charge < -0.3 is 9.15 Å². The van der Waals surface area contributed by atoms with Gasteiger partial charge in [0.15, 0.2) is 5.58 Å². The minimum atomic E-state index is 0.611. The topological polar surface area (TPSA) is 35.3 Å². The smallest absolute Gasteiger partial charge is 0.220 e. The number of oxazole rings is 1. The van der Waals surface area contributed by atoms with Crippen molar-refractivity contribution in [1.82, 2.24) is 4.98 Å². The normalized spacial score (nSPS) is 11.3. The van der Waals surface area contributed by atoms with Gasteiger partial charge >= 0.3 is 0 Å². The van der Waals surface area contributed by atoms with Crippen LogP contribution in [-0.4, -0.2) is 12.1 Å². The maximum absolute atomic E-state index is 5.64. The Labute approximate surface area is 117 Å². The van der Waals surface area contributed by atoms with E-state index < -0.39 is 0 Å². The number of methoxy groups -OCH3 is 1. The Hall–Kier alpha value is -2.55. The first-order valence-corrected chi connectivity index (χ1v) is 6.44. The van der Waals surface area contributed by atoms with E-state index in [-0.39, 0.29) is 0 Å². The van der Waals surface area contributed by atoms with Gasteiger partial charge in [0.25, 0.3) is 0 Å². The summed E-state index contributed by atoms with van der Waals surface area (Å²) in [4.78, 5) is 4.41. The average Bonchev–Trinajstić information content (AvgIpc) is 2.88. The molecule has 3 nitrogen and oxygen atoms in total. The molecular formula is C17H15NO2. The van der Waals surface area contributed by atoms with E-state index >= 15 is 0 Å². The molecule has 3 rings (SSSR count). The molecule has 0 N–H and O–H groups in total. The van der Waals surface area contributed by atoms with E-state index in [0.29, 0.717) is 5.89 Å². The van der Waals surface area contributed by atoms with Crippen LogP contribution in [0.25, 0.3) is 23.3 Å². The van der Waals surface area contributed by atoms with Crippen LogP contribution in [0.4, 0.5) is 0 Å². The molecule has 0 unspecified atom stereocenters. The molecule has 20 heavy (non-hydrogen) atoms. The lowest BCUT2D eigenvalue weighted by molar-refractivity contribution is 0.411. The molecule has 0 spiro atoms. The number of hydrogen-bond acceptors (Lipinski definition) is 3. The first kappa shape index (κ1) is 12.5. The first-order chi connectivity index (χ1) is 9.76. The Bertz CT molecular complexity index is 739. The summed E-state index contributed by atoms with van der Waals surface area (Å²) in [7, 11) is 1.68. The van der Waals surface area contributed by atoms with Crippen LogP contribution in [0.2, 0.25) is 0 Å². The number of benzene rings is 2. The van der Waals surface area contributed by atoms with Gasteiger partial charge in [0.2, 0.25) is 5.89 Å². The zero-order valence-electron chi connectivity index (χ0n) is 11.5.